The molecule has 0 aliphatic carbocycles. The van der Waals surface area contributed by atoms with Crippen LogP contribution in [0.3, 0.4) is 0 Å². The largest absolute Gasteiger partial charge is 0.508 e. The van der Waals surface area contributed by atoms with E-state index in [1.807, 2.05) is 32.0 Å². The van der Waals surface area contributed by atoms with E-state index >= 15 is 9.59 Å². The number of aryl methyl sites for hydroxylation is 1. The Balaban J connectivity index is 1.03. The second kappa shape index (κ2) is 21.8. The summed E-state index contributed by atoms with van der Waals surface area (Å²) in [5.74, 6) is 2.93. The molecule has 17 heteroatoms. The molecule has 6 bridgehead atoms. The topological polar surface area (TPSA) is 179 Å². The van der Waals surface area contributed by atoms with E-state index in [0.717, 1.165) is 64.2 Å². The molecule has 3 saturated heterocycles. The van der Waals surface area contributed by atoms with Gasteiger partial charge in [-0.1, -0.05) is 45.7 Å². The Labute approximate surface area is 433 Å². The smallest absolute Gasteiger partial charge is 0.411 e. The second-order valence-corrected chi connectivity index (χ2v) is 21.7. The third kappa shape index (κ3) is 10.7. The van der Waals surface area contributed by atoms with Crippen molar-refractivity contribution in [1.82, 2.24) is 34.7 Å². The highest BCUT2D eigenvalue weighted by Gasteiger charge is 2.69. The zero-order valence-electron chi connectivity index (χ0n) is 43.9. The van der Waals surface area contributed by atoms with Crippen LogP contribution in [0.2, 0.25) is 0 Å². The minimum atomic E-state index is -1.53. The average Bonchev–Trinajstić information content (AvgIpc) is 3.76. The number of phenolic OH excluding ortho intramolecular Hbond substituents is 1. The van der Waals surface area contributed by atoms with Crippen LogP contribution in [0.5, 0.6) is 5.75 Å². The SMILES string of the molecule is CCn1c(-c2cccnc2COC)c2c3cc(ccc31)-c1cc(O)cc(c1)C[C@@]1(C=[N+]1C(=O)[C@H](C(C)C)N(C)C(=O)[C@H]1CCN(C(=O)C#CCCN3CCOCC3)C1)C(=O)N1CCC[C@H](N1)C(=O)OCC(C)(C)C2. The number of pyridine rings is 1. The molecule has 4 amide bonds. The molecule has 3 fully saturated rings. The van der Waals surface area contributed by atoms with E-state index in [4.69, 9.17) is 19.2 Å². The van der Waals surface area contributed by atoms with Gasteiger partial charge in [-0.25, -0.2) is 10.2 Å². The van der Waals surface area contributed by atoms with Crippen molar-refractivity contribution in [2.75, 3.05) is 73.2 Å². The van der Waals surface area contributed by atoms with E-state index in [0.29, 0.717) is 70.6 Å². The van der Waals surface area contributed by atoms with Gasteiger partial charge in [0.15, 0.2) is 6.04 Å². The first-order chi connectivity index (χ1) is 35.5. The maximum atomic E-state index is 15.2. The number of carbonyl (C=O) groups excluding carboxylic acids is 5. The molecule has 17 nitrogen and oxygen atoms in total. The molecule has 74 heavy (non-hydrogen) atoms. The summed E-state index contributed by atoms with van der Waals surface area (Å²) >= 11 is 0. The molecular formula is C57H71N8O9+. The molecule has 4 atom stereocenters. The highest BCUT2D eigenvalue weighted by molar-refractivity contribution is 6.10. The number of amides is 4. The number of aromatic nitrogens is 2. The van der Waals surface area contributed by atoms with Crippen LogP contribution in [0, 0.1) is 29.1 Å². The quantitative estimate of drug-likeness (QED) is 0.126. The number of cyclic esters (lactones) is 1. The van der Waals surface area contributed by atoms with Gasteiger partial charge in [0.25, 0.3) is 5.91 Å². The molecule has 0 radical (unpaired) electrons. The van der Waals surface area contributed by atoms with Crippen molar-refractivity contribution in [2.45, 2.75) is 104 Å². The van der Waals surface area contributed by atoms with Crippen molar-refractivity contribution in [3.63, 3.8) is 0 Å². The van der Waals surface area contributed by atoms with E-state index in [-0.39, 0.29) is 49.6 Å². The molecule has 0 saturated carbocycles. The number of aromatic hydroxyl groups is 1. The Morgan fingerprint density at radius 1 is 1.03 bits per heavy atom. The van der Waals surface area contributed by atoms with Crippen LogP contribution in [-0.2, 0) is 64.2 Å². The fraction of sp³-hybridized carbons (Fsp3) is 0.526. The number of morpholine rings is 1. The Kier molecular flexibility index (Phi) is 15.4. The van der Waals surface area contributed by atoms with Gasteiger partial charge in [0.05, 0.1) is 50.2 Å². The number of likely N-dealkylation sites (N-methyl/N-ethyl adjacent to an activating group) is 1. The number of rotatable bonds is 10. The van der Waals surface area contributed by atoms with Crippen molar-refractivity contribution in [3.05, 3.63) is 71.5 Å². The van der Waals surface area contributed by atoms with Crippen LogP contribution < -0.4 is 5.43 Å². The van der Waals surface area contributed by atoms with Gasteiger partial charge in [0.1, 0.15) is 11.8 Å². The number of hydrazine groups is 1. The Morgan fingerprint density at radius 3 is 2.58 bits per heavy atom. The summed E-state index contributed by atoms with van der Waals surface area (Å²) in [5.41, 5.74) is 8.09. The number of benzene rings is 2. The number of nitrogens with one attached hydrogen (secondary N) is 1. The van der Waals surface area contributed by atoms with Gasteiger partial charge in [-0.05, 0) is 103 Å². The van der Waals surface area contributed by atoms with Crippen LogP contribution in [0.25, 0.3) is 33.3 Å². The molecular weight excluding hydrogens is 941 g/mol. The maximum Gasteiger partial charge on any atom is 0.411 e. The van der Waals surface area contributed by atoms with Crippen LogP contribution >= 0.6 is 0 Å². The lowest BCUT2D eigenvalue weighted by Crippen LogP contribution is -2.61. The molecule has 4 aromatic rings. The van der Waals surface area contributed by atoms with Gasteiger partial charge in [-0.3, -0.25) is 34.1 Å². The van der Waals surface area contributed by atoms with Gasteiger partial charge in [-0.2, -0.15) is 0 Å². The number of fused-ring (bicyclic) bond motifs is 6. The summed E-state index contributed by atoms with van der Waals surface area (Å²) in [6.45, 7) is 15.8. The number of hydrogen-bond acceptors (Lipinski definition) is 12. The van der Waals surface area contributed by atoms with Gasteiger partial charge in [0.2, 0.25) is 12.1 Å². The first kappa shape index (κ1) is 52.4. The van der Waals surface area contributed by atoms with E-state index in [1.54, 1.807) is 43.6 Å². The molecule has 2 aromatic heterocycles. The first-order valence-corrected chi connectivity index (χ1v) is 26.2. The van der Waals surface area contributed by atoms with Crippen molar-refractivity contribution >= 4 is 46.7 Å². The lowest BCUT2D eigenvalue weighted by molar-refractivity contribution is -0.423. The van der Waals surface area contributed by atoms with Crippen LogP contribution in [-0.4, -0.2) is 166 Å². The number of likely N-dealkylation sites (tertiary alicyclic amines) is 1. The Morgan fingerprint density at radius 2 is 1.82 bits per heavy atom. The van der Waals surface area contributed by atoms with Gasteiger partial charge >= 0.3 is 23.3 Å². The van der Waals surface area contributed by atoms with Crippen LogP contribution in [0.15, 0.2) is 54.7 Å². The molecule has 0 unspecified atom stereocenters. The number of hydrogen-bond donors (Lipinski definition) is 2. The highest BCUT2D eigenvalue weighted by Crippen LogP contribution is 2.42. The van der Waals surface area contributed by atoms with E-state index in [2.05, 4.69) is 65.7 Å². The molecule has 5 aliphatic heterocycles. The number of methoxy groups -OCH3 is 1. The molecule has 392 valence electrons. The summed E-state index contributed by atoms with van der Waals surface area (Å²) < 4.78 is 20.9. The standard InChI is InChI=1S/C57H70N8O9/c1-8-63-48-17-16-39-30-44(48)45(51(63)43-13-11-19-58-47(43)34-72-7)32-56(4,5)36-74-54(70)46-14-12-21-65(59-46)55(71)57(31-38-27-41(39)29-42(66)28-38)35-64(57)53(69)50(37(2)3)60(6)52(68)40-18-22-62(33-40)49(67)15-9-10-20-61-23-25-73-26-24-61/h11,13,16-17,19,27-30,35,37,40,46,50,59H,8,10,12,14,18,20-26,31-34,36H2,1-7H3/p+1/t40-,46-,50-,57+/m0/s1. The van der Waals surface area contributed by atoms with E-state index < -0.39 is 46.7 Å². The number of carbonyl (C=O) groups is 5. The number of phenols is 1. The number of ether oxygens (including phenoxy) is 3. The number of nitrogens with zero attached hydrogens (tertiary/aromatic N) is 7. The van der Waals surface area contributed by atoms with E-state index in [1.165, 1.54) is 14.5 Å². The summed E-state index contributed by atoms with van der Waals surface area (Å²) in [6.07, 6.45) is 5.86. The highest BCUT2D eigenvalue weighted by atomic mass is 16.5. The molecule has 2 aromatic carbocycles. The van der Waals surface area contributed by atoms with Gasteiger partial charge < -0.3 is 33.7 Å². The van der Waals surface area contributed by atoms with Crippen molar-refractivity contribution in [3.8, 4) is 40.0 Å². The third-order valence-electron chi connectivity index (χ3n) is 15.3. The van der Waals surface area contributed by atoms with Crippen LogP contribution in [0.1, 0.15) is 77.1 Å². The minimum absolute atomic E-state index is 0.00322. The zero-order chi connectivity index (χ0) is 52.5. The summed E-state index contributed by atoms with van der Waals surface area (Å²) in [7, 11) is 3.27. The molecule has 7 heterocycles. The minimum Gasteiger partial charge on any atom is -0.508 e. The van der Waals surface area contributed by atoms with Gasteiger partial charge in [0, 0.05) is 94.5 Å². The zero-order valence-corrected chi connectivity index (χ0v) is 43.9. The molecule has 5 aliphatic rings. The monoisotopic (exact) mass is 1010 g/mol. The normalized spacial score (nSPS) is 22.5. The molecule has 1 spiro atoms. The fourth-order valence-electron chi connectivity index (χ4n) is 11.5. The van der Waals surface area contributed by atoms with Crippen molar-refractivity contribution in [1.29, 1.82) is 0 Å². The predicted octanol–water partition coefficient (Wildman–Crippen LogP) is 4.83. The molecule has 2 N–H and O–H groups in total. The van der Waals surface area contributed by atoms with Crippen molar-refractivity contribution < 1.29 is 47.9 Å². The van der Waals surface area contributed by atoms with Crippen molar-refractivity contribution in [2.24, 2.45) is 17.3 Å². The van der Waals surface area contributed by atoms with E-state index in [9.17, 15) is 19.5 Å². The lowest BCUT2D eigenvalue weighted by Gasteiger charge is -2.34. The Bertz CT molecular complexity index is 2930. The average molecular weight is 1010 g/mol. The first-order valence-electron chi connectivity index (χ1n) is 26.2. The van der Waals surface area contributed by atoms with Crippen LogP contribution in [0.4, 0.5) is 0 Å². The summed E-state index contributed by atoms with van der Waals surface area (Å²) in [5, 5.41) is 13.9. The Hall–Kier alpha value is -6.45. The third-order valence-corrected chi connectivity index (χ3v) is 15.3. The lowest BCUT2D eigenvalue weighted by atomic mass is 9.84. The molecule has 9 rings (SSSR count). The summed E-state index contributed by atoms with van der Waals surface area (Å²) in [4.78, 5) is 81.8. The number of esters is 1. The fourth-order valence-corrected chi connectivity index (χ4v) is 11.5. The van der Waals surface area contributed by atoms with Gasteiger partial charge in [-0.15, -0.1) is 4.58 Å². The summed E-state index contributed by atoms with van der Waals surface area (Å²) in [6, 6.07) is 13.8. The maximum absolute atomic E-state index is 15.2. The second-order valence-electron chi connectivity index (χ2n) is 21.7. The predicted molar refractivity (Wildman–Crippen MR) is 278 cm³/mol.